The number of carbonyl (C=O) groups is 1. The normalized spacial score (nSPS) is 20.9. The molecule has 1 rings (SSSR count). The molecule has 17 heavy (non-hydrogen) atoms. The Kier molecular flexibility index (Phi) is 7.43. The van der Waals surface area contributed by atoms with E-state index >= 15 is 0 Å². The van der Waals surface area contributed by atoms with E-state index in [1.54, 1.807) is 0 Å². The lowest BCUT2D eigenvalue weighted by Crippen LogP contribution is -3.00. The van der Waals surface area contributed by atoms with Crippen LogP contribution in [0.25, 0.3) is 0 Å². The topological polar surface area (TPSA) is 41.6 Å². The molecule has 1 N–H and O–H groups in total. The highest BCUT2D eigenvalue weighted by molar-refractivity contribution is 5.86. The van der Waals surface area contributed by atoms with Gasteiger partial charge >= 0.3 is 0 Å². The highest BCUT2D eigenvalue weighted by Gasteiger charge is 2.32. The molecule has 0 spiro atoms. The van der Waals surface area contributed by atoms with Gasteiger partial charge in [-0.25, -0.2) is 0 Å². The van der Waals surface area contributed by atoms with Crippen molar-refractivity contribution < 1.29 is 26.4 Å². The lowest BCUT2D eigenvalue weighted by atomic mass is 10.3. The zero-order valence-corrected chi connectivity index (χ0v) is 11.5. The molecule has 1 heterocycles. The Labute approximate surface area is 110 Å². The van der Waals surface area contributed by atoms with E-state index in [1.165, 1.54) is 6.08 Å². The van der Waals surface area contributed by atoms with Gasteiger partial charge in [0.25, 0.3) is 0 Å². The van der Waals surface area contributed by atoms with Gasteiger partial charge in [0.2, 0.25) is 5.91 Å². The highest BCUT2D eigenvalue weighted by Crippen LogP contribution is 2.15. The van der Waals surface area contributed by atoms with Crippen molar-refractivity contribution in [1.29, 1.82) is 0 Å². The van der Waals surface area contributed by atoms with Crippen LogP contribution in [0.2, 0.25) is 0 Å². The van der Waals surface area contributed by atoms with Crippen molar-refractivity contribution >= 4 is 5.91 Å². The zero-order valence-electron chi connectivity index (χ0n) is 10.7. The Balaban J connectivity index is 0.00000256. The standard InChI is InChI=1S/C12H22N2O2.ClH/c1-4-12(15)13-7-6-8-14(3,5-2)9-11-10-16-11;/h4,11H,1,5-10H2,2-3H3;1H. The Morgan fingerprint density at radius 2 is 2.29 bits per heavy atom. The Bertz CT molecular complexity index is 257. The maximum absolute atomic E-state index is 10.9. The van der Waals surface area contributed by atoms with Gasteiger partial charge in [-0.15, -0.1) is 0 Å². The first-order valence-corrected chi connectivity index (χ1v) is 5.95. The molecule has 5 heteroatoms. The Morgan fingerprint density at radius 3 is 2.76 bits per heavy atom. The molecule has 1 amide bonds. The summed E-state index contributed by atoms with van der Waals surface area (Å²) in [6.07, 6.45) is 2.77. The fourth-order valence-corrected chi connectivity index (χ4v) is 1.79. The first-order valence-electron chi connectivity index (χ1n) is 5.95. The minimum atomic E-state index is -0.0868. The first-order chi connectivity index (χ1) is 7.59. The number of hydrogen-bond donors (Lipinski definition) is 1. The van der Waals surface area contributed by atoms with E-state index in [9.17, 15) is 4.79 Å². The lowest BCUT2D eigenvalue weighted by Gasteiger charge is -2.33. The molecule has 0 aromatic heterocycles. The summed E-state index contributed by atoms with van der Waals surface area (Å²) in [5.74, 6) is -0.0868. The van der Waals surface area contributed by atoms with Crippen molar-refractivity contribution in [2.75, 3.05) is 39.8 Å². The molecule has 2 atom stereocenters. The van der Waals surface area contributed by atoms with Crippen LogP contribution in [-0.4, -0.2) is 56.3 Å². The highest BCUT2D eigenvalue weighted by atomic mass is 35.5. The second kappa shape index (κ2) is 7.69. The molecule has 1 aliphatic rings. The van der Waals surface area contributed by atoms with Crippen LogP contribution in [0.4, 0.5) is 0 Å². The van der Waals surface area contributed by atoms with E-state index in [0.29, 0.717) is 6.10 Å². The fraction of sp³-hybridized carbons (Fsp3) is 0.750. The summed E-state index contributed by atoms with van der Waals surface area (Å²) >= 11 is 0. The smallest absolute Gasteiger partial charge is 0.243 e. The third kappa shape index (κ3) is 6.66. The molecule has 0 aromatic rings. The maximum atomic E-state index is 10.9. The van der Waals surface area contributed by atoms with E-state index in [2.05, 4.69) is 25.9 Å². The quantitative estimate of drug-likeness (QED) is 0.228. The predicted octanol–water partition coefficient (Wildman–Crippen LogP) is -2.45. The van der Waals surface area contributed by atoms with E-state index in [4.69, 9.17) is 4.74 Å². The second-order valence-electron chi connectivity index (χ2n) is 4.65. The first kappa shape index (κ1) is 16.4. The number of nitrogens with zero attached hydrogens (tertiary/aromatic N) is 1. The van der Waals surface area contributed by atoms with Crippen LogP contribution in [0.3, 0.4) is 0 Å². The average molecular weight is 263 g/mol. The number of nitrogens with one attached hydrogen (secondary N) is 1. The van der Waals surface area contributed by atoms with Crippen molar-refractivity contribution in [2.45, 2.75) is 19.4 Å². The van der Waals surface area contributed by atoms with Crippen LogP contribution < -0.4 is 17.7 Å². The number of carbonyl (C=O) groups excluding carboxylic acids is 1. The van der Waals surface area contributed by atoms with Crippen LogP contribution in [-0.2, 0) is 9.53 Å². The third-order valence-electron chi connectivity index (χ3n) is 3.17. The van der Waals surface area contributed by atoms with Crippen LogP contribution in [0.15, 0.2) is 12.7 Å². The number of quaternary nitrogens is 1. The number of likely N-dealkylation sites (N-methyl/N-ethyl adjacent to an activating group) is 1. The van der Waals surface area contributed by atoms with Gasteiger partial charge in [0.15, 0.2) is 0 Å². The fourth-order valence-electron chi connectivity index (χ4n) is 1.79. The number of amides is 1. The number of rotatable bonds is 8. The molecule has 1 aliphatic heterocycles. The Morgan fingerprint density at radius 1 is 1.65 bits per heavy atom. The molecule has 0 radical (unpaired) electrons. The van der Waals surface area contributed by atoms with Gasteiger partial charge in [-0.3, -0.25) is 4.79 Å². The molecule has 100 valence electrons. The molecule has 1 saturated heterocycles. The summed E-state index contributed by atoms with van der Waals surface area (Å²) in [6.45, 7) is 10.5. The summed E-state index contributed by atoms with van der Waals surface area (Å²) in [5, 5.41) is 2.80. The average Bonchev–Trinajstić information content (AvgIpc) is 3.08. The predicted molar refractivity (Wildman–Crippen MR) is 64.0 cm³/mol. The zero-order chi connectivity index (χ0) is 12.0. The molecular formula is C12H23ClN2O2. The van der Waals surface area contributed by atoms with Crippen molar-refractivity contribution in [3.05, 3.63) is 12.7 Å². The van der Waals surface area contributed by atoms with Gasteiger partial charge in [-0.2, -0.15) is 0 Å². The van der Waals surface area contributed by atoms with Crippen LogP contribution in [0.1, 0.15) is 13.3 Å². The Hall–Kier alpha value is -0.580. The third-order valence-corrected chi connectivity index (χ3v) is 3.17. The molecule has 0 aliphatic carbocycles. The number of epoxide rings is 1. The monoisotopic (exact) mass is 262 g/mol. The van der Waals surface area contributed by atoms with E-state index in [-0.39, 0.29) is 18.3 Å². The largest absolute Gasteiger partial charge is 1.00 e. The van der Waals surface area contributed by atoms with Gasteiger partial charge < -0.3 is 26.9 Å². The molecule has 0 aromatic carbocycles. The van der Waals surface area contributed by atoms with E-state index in [0.717, 1.165) is 43.7 Å². The van der Waals surface area contributed by atoms with Crippen LogP contribution >= 0.6 is 0 Å². The van der Waals surface area contributed by atoms with Crippen LogP contribution in [0, 0.1) is 0 Å². The summed E-state index contributed by atoms with van der Waals surface area (Å²) in [4.78, 5) is 10.9. The number of hydrogen-bond acceptors (Lipinski definition) is 2. The summed E-state index contributed by atoms with van der Waals surface area (Å²) in [6, 6.07) is 0. The SMILES string of the molecule is C=CC(=O)NCCC[N+](C)(CC)CC1CO1.[Cl-]. The molecule has 4 nitrogen and oxygen atoms in total. The summed E-state index contributed by atoms with van der Waals surface area (Å²) in [5.41, 5.74) is 0. The number of halogens is 1. The van der Waals surface area contributed by atoms with Gasteiger partial charge in [0.1, 0.15) is 12.6 Å². The van der Waals surface area contributed by atoms with Crippen molar-refractivity contribution in [1.82, 2.24) is 5.32 Å². The summed E-state index contributed by atoms with van der Waals surface area (Å²) < 4.78 is 6.29. The van der Waals surface area contributed by atoms with Crippen LogP contribution in [0.5, 0.6) is 0 Å². The minimum Gasteiger partial charge on any atom is -1.00 e. The van der Waals surface area contributed by atoms with E-state index in [1.807, 2.05) is 0 Å². The minimum absolute atomic E-state index is 0. The molecule has 1 fully saturated rings. The number of ether oxygens (including phenoxy) is 1. The van der Waals surface area contributed by atoms with Crippen molar-refractivity contribution in [3.63, 3.8) is 0 Å². The van der Waals surface area contributed by atoms with E-state index < -0.39 is 0 Å². The maximum Gasteiger partial charge on any atom is 0.243 e. The lowest BCUT2D eigenvalue weighted by molar-refractivity contribution is -0.908. The second-order valence-corrected chi connectivity index (χ2v) is 4.65. The van der Waals surface area contributed by atoms with Gasteiger partial charge in [0.05, 0.1) is 26.7 Å². The van der Waals surface area contributed by atoms with Crippen molar-refractivity contribution in [2.24, 2.45) is 0 Å². The van der Waals surface area contributed by atoms with Gasteiger partial charge in [0, 0.05) is 13.0 Å². The van der Waals surface area contributed by atoms with Gasteiger partial charge in [-0.1, -0.05) is 6.58 Å². The molecule has 0 bridgehead atoms. The van der Waals surface area contributed by atoms with Gasteiger partial charge in [-0.05, 0) is 13.0 Å². The molecular weight excluding hydrogens is 240 g/mol. The molecule has 0 saturated carbocycles. The van der Waals surface area contributed by atoms with Crippen molar-refractivity contribution in [3.8, 4) is 0 Å². The summed E-state index contributed by atoms with van der Waals surface area (Å²) in [7, 11) is 2.25. The molecule has 2 unspecified atom stereocenters.